The molecule has 0 saturated heterocycles. The zero-order valence-electron chi connectivity index (χ0n) is 10.5. The standard InChI is InChI=1S/C12H16F2O2SSi/c1-18(2,3)10-9-12(13,14)17(15,16)11-7-5-4-6-8-11/h4-10H,1-3H3/b10-9+. The number of hydrogen-bond acceptors (Lipinski definition) is 2. The molecule has 0 amide bonds. The SMILES string of the molecule is C[Si](C)(C)/C=C/C(F)(F)S(=O)(=O)c1ccccc1. The molecule has 0 aliphatic rings. The number of halogens is 2. The summed E-state index contributed by atoms with van der Waals surface area (Å²) in [6.07, 6.45) is 0.515. The molecule has 1 rings (SSSR count). The molecule has 0 aliphatic carbocycles. The lowest BCUT2D eigenvalue weighted by Crippen LogP contribution is -2.28. The highest BCUT2D eigenvalue weighted by atomic mass is 32.2. The maximum absolute atomic E-state index is 13.8. The minimum absolute atomic E-state index is 0.366. The summed E-state index contributed by atoms with van der Waals surface area (Å²) in [5.41, 5.74) is 1.34. The molecule has 0 N–H and O–H groups in total. The van der Waals surface area contributed by atoms with Crippen molar-refractivity contribution in [3.63, 3.8) is 0 Å². The van der Waals surface area contributed by atoms with Gasteiger partial charge in [-0.15, -0.1) is 0 Å². The molecule has 0 saturated carbocycles. The van der Waals surface area contributed by atoms with Crippen molar-refractivity contribution in [2.45, 2.75) is 29.8 Å². The number of rotatable bonds is 4. The molecular weight excluding hydrogens is 274 g/mol. The summed E-state index contributed by atoms with van der Waals surface area (Å²) in [6, 6.07) is 6.77. The van der Waals surface area contributed by atoms with Crippen LogP contribution < -0.4 is 0 Å². The fourth-order valence-electron chi connectivity index (χ4n) is 1.19. The van der Waals surface area contributed by atoms with E-state index < -0.39 is 23.2 Å². The average molecular weight is 290 g/mol. The van der Waals surface area contributed by atoms with Crippen LogP contribution >= 0.6 is 0 Å². The Hall–Kier alpha value is -1.01. The van der Waals surface area contributed by atoms with Gasteiger partial charge >= 0.3 is 5.25 Å². The summed E-state index contributed by atoms with van der Waals surface area (Å²) in [5.74, 6) is 0. The molecule has 0 aliphatic heterocycles. The van der Waals surface area contributed by atoms with Gasteiger partial charge in [-0.2, -0.15) is 8.78 Å². The van der Waals surface area contributed by atoms with Gasteiger partial charge in [0.1, 0.15) is 0 Å². The predicted molar refractivity (Wildman–Crippen MR) is 71.1 cm³/mol. The molecule has 0 atom stereocenters. The van der Waals surface area contributed by atoms with Crippen LogP contribution in [0.1, 0.15) is 0 Å². The lowest BCUT2D eigenvalue weighted by Gasteiger charge is -2.15. The minimum atomic E-state index is -4.66. The Balaban J connectivity index is 3.16. The summed E-state index contributed by atoms with van der Waals surface area (Å²) in [7, 11) is -6.53. The highest BCUT2D eigenvalue weighted by molar-refractivity contribution is 7.92. The normalized spacial score (nSPS) is 14.1. The maximum atomic E-state index is 13.8. The van der Waals surface area contributed by atoms with Crippen molar-refractivity contribution in [1.82, 2.24) is 0 Å². The van der Waals surface area contributed by atoms with Gasteiger partial charge in [-0.05, 0) is 18.2 Å². The van der Waals surface area contributed by atoms with Crippen LogP contribution in [0.5, 0.6) is 0 Å². The van der Waals surface area contributed by atoms with Crippen molar-refractivity contribution in [2.24, 2.45) is 0 Å². The second-order valence-electron chi connectivity index (χ2n) is 5.08. The maximum Gasteiger partial charge on any atom is 0.368 e. The lowest BCUT2D eigenvalue weighted by atomic mass is 10.4. The summed E-state index contributed by atoms with van der Waals surface area (Å²) >= 11 is 0. The fourth-order valence-corrected chi connectivity index (χ4v) is 3.10. The van der Waals surface area contributed by atoms with Crippen LogP contribution in [0.4, 0.5) is 8.78 Å². The van der Waals surface area contributed by atoms with E-state index in [0.29, 0.717) is 6.08 Å². The third-order valence-electron chi connectivity index (χ3n) is 2.19. The highest BCUT2D eigenvalue weighted by Gasteiger charge is 2.43. The Labute approximate surface area is 107 Å². The average Bonchev–Trinajstić information content (AvgIpc) is 2.27. The van der Waals surface area contributed by atoms with Crippen molar-refractivity contribution in [3.8, 4) is 0 Å². The molecule has 6 heteroatoms. The topological polar surface area (TPSA) is 34.1 Å². The first-order chi connectivity index (χ1) is 8.06. The van der Waals surface area contributed by atoms with Gasteiger partial charge in [-0.3, -0.25) is 0 Å². The first kappa shape index (κ1) is 15.0. The van der Waals surface area contributed by atoms with E-state index in [2.05, 4.69) is 0 Å². The quantitative estimate of drug-likeness (QED) is 0.796. The van der Waals surface area contributed by atoms with Crippen molar-refractivity contribution < 1.29 is 17.2 Å². The van der Waals surface area contributed by atoms with E-state index >= 15 is 0 Å². The van der Waals surface area contributed by atoms with E-state index in [1.807, 2.05) is 19.6 Å². The molecular formula is C12H16F2O2SSi. The number of sulfone groups is 1. The first-order valence-electron chi connectivity index (χ1n) is 5.44. The second kappa shape index (κ2) is 4.93. The van der Waals surface area contributed by atoms with Crippen molar-refractivity contribution in [3.05, 3.63) is 42.1 Å². The summed E-state index contributed by atoms with van der Waals surface area (Å²) in [5, 5.41) is -3.87. The van der Waals surface area contributed by atoms with Gasteiger partial charge in [0.15, 0.2) is 0 Å². The minimum Gasteiger partial charge on any atom is -0.217 e. The molecule has 2 nitrogen and oxygen atoms in total. The molecule has 0 fully saturated rings. The third kappa shape index (κ3) is 3.49. The summed E-state index contributed by atoms with van der Waals surface area (Å²) in [6.45, 7) is 5.57. The number of alkyl halides is 2. The zero-order chi connectivity index (χ0) is 14.0. The number of benzene rings is 1. The fraction of sp³-hybridized carbons (Fsp3) is 0.333. The number of hydrogen-bond donors (Lipinski definition) is 0. The molecule has 1 aromatic carbocycles. The van der Waals surface area contributed by atoms with Crippen molar-refractivity contribution in [2.75, 3.05) is 0 Å². The zero-order valence-corrected chi connectivity index (χ0v) is 12.3. The van der Waals surface area contributed by atoms with Gasteiger partial charge in [0.25, 0.3) is 0 Å². The Kier molecular flexibility index (Phi) is 4.12. The first-order valence-corrected chi connectivity index (χ1v) is 10.5. The molecule has 1 aromatic rings. The van der Waals surface area contributed by atoms with Gasteiger partial charge < -0.3 is 0 Å². The van der Waals surface area contributed by atoms with Crippen LogP contribution in [0.25, 0.3) is 0 Å². The van der Waals surface area contributed by atoms with Gasteiger partial charge in [0, 0.05) is 0 Å². The molecule has 18 heavy (non-hydrogen) atoms. The van der Waals surface area contributed by atoms with Crippen molar-refractivity contribution >= 4 is 17.9 Å². The van der Waals surface area contributed by atoms with E-state index in [-0.39, 0.29) is 4.90 Å². The predicted octanol–water partition coefficient (Wildman–Crippen LogP) is 3.49. The third-order valence-corrected chi connectivity index (χ3v) is 5.10. The van der Waals surface area contributed by atoms with Gasteiger partial charge in [-0.25, -0.2) is 8.42 Å². The van der Waals surface area contributed by atoms with Crippen LogP contribution in [-0.4, -0.2) is 21.7 Å². The van der Waals surface area contributed by atoms with Gasteiger partial charge in [-0.1, -0.05) is 43.5 Å². The Bertz CT molecular complexity index is 531. The Morgan fingerprint density at radius 3 is 2.06 bits per heavy atom. The summed E-state index contributed by atoms with van der Waals surface area (Å²) < 4.78 is 51.1. The molecule has 0 bridgehead atoms. The Morgan fingerprint density at radius 1 is 1.11 bits per heavy atom. The van der Waals surface area contributed by atoms with Crippen molar-refractivity contribution in [1.29, 1.82) is 0 Å². The van der Waals surface area contributed by atoms with Crippen LogP contribution in [0.15, 0.2) is 47.0 Å². The van der Waals surface area contributed by atoms with Gasteiger partial charge in [0.2, 0.25) is 9.84 Å². The van der Waals surface area contributed by atoms with Crippen LogP contribution in [0.3, 0.4) is 0 Å². The van der Waals surface area contributed by atoms with E-state index in [1.165, 1.54) is 30.0 Å². The molecule has 100 valence electrons. The monoisotopic (exact) mass is 290 g/mol. The van der Waals surface area contributed by atoms with Crippen LogP contribution in [-0.2, 0) is 9.84 Å². The Morgan fingerprint density at radius 2 is 1.61 bits per heavy atom. The van der Waals surface area contributed by atoms with Gasteiger partial charge in [0.05, 0.1) is 13.0 Å². The van der Waals surface area contributed by atoms with E-state index in [1.54, 1.807) is 6.07 Å². The lowest BCUT2D eigenvalue weighted by molar-refractivity contribution is 0.147. The van der Waals surface area contributed by atoms with E-state index in [0.717, 1.165) is 0 Å². The molecule has 0 spiro atoms. The molecule has 0 heterocycles. The van der Waals surface area contributed by atoms with E-state index in [4.69, 9.17) is 0 Å². The largest absolute Gasteiger partial charge is 0.368 e. The van der Waals surface area contributed by atoms with E-state index in [9.17, 15) is 17.2 Å². The highest BCUT2D eigenvalue weighted by Crippen LogP contribution is 2.30. The molecule has 0 unspecified atom stereocenters. The van der Waals surface area contributed by atoms with Crippen LogP contribution in [0.2, 0.25) is 19.6 Å². The molecule has 0 aromatic heterocycles. The molecule has 0 radical (unpaired) electrons. The summed E-state index contributed by atoms with van der Waals surface area (Å²) in [4.78, 5) is -0.366. The smallest absolute Gasteiger partial charge is 0.217 e. The van der Waals surface area contributed by atoms with Crippen LogP contribution in [0, 0.1) is 0 Å². The second-order valence-corrected chi connectivity index (χ2v) is 12.2.